The molecule has 0 saturated carbocycles. The van der Waals surface area contributed by atoms with Crippen LogP contribution in [0.1, 0.15) is 13.8 Å². The quantitative estimate of drug-likeness (QED) is 0.767. The molecule has 0 atom stereocenters. The van der Waals surface area contributed by atoms with Crippen LogP contribution >= 0.6 is 0 Å². The van der Waals surface area contributed by atoms with Gasteiger partial charge in [-0.2, -0.15) is 0 Å². The molecule has 0 radical (unpaired) electrons. The summed E-state index contributed by atoms with van der Waals surface area (Å²) in [5.41, 5.74) is -1.27. The molecule has 1 N–H and O–H groups in total. The second-order valence-corrected chi connectivity index (χ2v) is 4.50. The van der Waals surface area contributed by atoms with Crippen molar-refractivity contribution >= 4 is 23.5 Å². The number of imide groups is 2. The van der Waals surface area contributed by atoms with E-state index in [1.807, 2.05) is 0 Å². The summed E-state index contributed by atoms with van der Waals surface area (Å²) in [4.78, 5) is 36.1. The lowest BCUT2D eigenvalue weighted by atomic mass is 9.88. The number of anilines is 1. The lowest BCUT2D eigenvalue weighted by Gasteiger charge is -2.34. The van der Waals surface area contributed by atoms with Crippen LogP contribution in [0.5, 0.6) is 0 Å². The van der Waals surface area contributed by atoms with Crippen molar-refractivity contribution in [1.29, 1.82) is 0 Å². The molecule has 1 heterocycles. The molecule has 5 nitrogen and oxygen atoms in total. The zero-order valence-electron chi connectivity index (χ0n) is 9.86. The summed E-state index contributed by atoms with van der Waals surface area (Å²) in [6.45, 7) is 2.81. The number of hydrogen-bond acceptors (Lipinski definition) is 3. The highest BCUT2D eigenvalue weighted by atomic mass is 19.1. The number of carbonyl (C=O) groups excluding carboxylic acids is 3. The molecule has 1 aliphatic heterocycles. The largest absolute Gasteiger partial charge is 0.335 e. The molecule has 1 aromatic carbocycles. The normalized spacial score (nSPS) is 18.8. The Morgan fingerprint density at radius 2 is 1.89 bits per heavy atom. The van der Waals surface area contributed by atoms with Crippen LogP contribution in [0.15, 0.2) is 24.3 Å². The molecule has 6 heteroatoms. The van der Waals surface area contributed by atoms with Crippen LogP contribution in [0, 0.1) is 11.2 Å². The van der Waals surface area contributed by atoms with Crippen LogP contribution in [0.2, 0.25) is 0 Å². The van der Waals surface area contributed by atoms with Gasteiger partial charge in [-0.15, -0.1) is 0 Å². The molecule has 18 heavy (non-hydrogen) atoms. The molecule has 0 unspecified atom stereocenters. The van der Waals surface area contributed by atoms with Crippen LogP contribution in [0.25, 0.3) is 0 Å². The molecule has 0 aromatic heterocycles. The second-order valence-electron chi connectivity index (χ2n) is 4.50. The zero-order chi connectivity index (χ0) is 13.5. The minimum Gasteiger partial charge on any atom is -0.276 e. The lowest BCUT2D eigenvalue weighted by molar-refractivity contribution is -0.140. The Labute approximate surface area is 103 Å². The van der Waals surface area contributed by atoms with Gasteiger partial charge in [0.25, 0.3) is 0 Å². The number of rotatable bonds is 1. The highest BCUT2D eigenvalue weighted by Gasteiger charge is 2.47. The van der Waals surface area contributed by atoms with E-state index in [0.29, 0.717) is 0 Å². The molecular formula is C12H11FN2O3. The number of benzene rings is 1. The summed E-state index contributed by atoms with van der Waals surface area (Å²) < 4.78 is 13.1. The second kappa shape index (κ2) is 3.90. The molecule has 1 aromatic rings. The van der Waals surface area contributed by atoms with Crippen molar-refractivity contribution < 1.29 is 18.8 Å². The van der Waals surface area contributed by atoms with Gasteiger partial charge >= 0.3 is 6.03 Å². The first-order chi connectivity index (χ1) is 8.34. The van der Waals surface area contributed by atoms with E-state index < -0.39 is 29.1 Å². The van der Waals surface area contributed by atoms with Gasteiger partial charge in [0.05, 0.1) is 5.69 Å². The summed E-state index contributed by atoms with van der Waals surface area (Å²) >= 11 is 0. The molecule has 1 saturated heterocycles. The number of carbonyl (C=O) groups is 3. The molecule has 4 amide bonds. The Hall–Kier alpha value is -2.24. The van der Waals surface area contributed by atoms with Crippen LogP contribution < -0.4 is 10.2 Å². The smallest absolute Gasteiger partial charge is 0.276 e. The maximum atomic E-state index is 13.1. The molecule has 2 rings (SSSR count). The van der Waals surface area contributed by atoms with E-state index in [1.165, 1.54) is 32.0 Å². The molecule has 1 fully saturated rings. The van der Waals surface area contributed by atoms with Gasteiger partial charge < -0.3 is 0 Å². The molecule has 0 bridgehead atoms. The molecule has 94 valence electrons. The van der Waals surface area contributed by atoms with Gasteiger partial charge in [0.2, 0.25) is 11.8 Å². The lowest BCUT2D eigenvalue weighted by Crippen LogP contribution is -2.62. The first-order valence-electron chi connectivity index (χ1n) is 5.29. The Bertz CT molecular complexity index is 554. The minimum atomic E-state index is -1.36. The van der Waals surface area contributed by atoms with E-state index in [0.717, 1.165) is 11.0 Å². The zero-order valence-corrected chi connectivity index (χ0v) is 9.86. The van der Waals surface area contributed by atoms with E-state index >= 15 is 0 Å². The van der Waals surface area contributed by atoms with Gasteiger partial charge in [0.1, 0.15) is 11.2 Å². The van der Waals surface area contributed by atoms with Gasteiger partial charge in [0, 0.05) is 0 Å². The number of hydrogen-bond donors (Lipinski definition) is 1. The van der Waals surface area contributed by atoms with Crippen molar-refractivity contribution in [1.82, 2.24) is 5.32 Å². The molecule has 0 aliphatic carbocycles. The van der Waals surface area contributed by atoms with Gasteiger partial charge in [-0.05, 0) is 32.0 Å². The predicted octanol–water partition coefficient (Wildman–Crippen LogP) is 1.43. The van der Waals surface area contributed by atoms with E-state index in [1.54, 1.807) is 0 Å². The average molecular weight is 250 g/mol. The number of urea groups is 1. The van der Waals surface area contributed by atoms with Crippen molar-refractivity contribution in [2.24, 2.45) is 5.41 Å². The number of nitrogens with zero attached hydrogens (tertiary/aromatic N) is 1. The maximum absolute atomic E-state index is 13.1. The fourth-order valence-electron chi connectivity index (χ4n) is 1.63. The SMILES string of the molecule is CC1(C)C(=O)NC(=O)N(c2cccc(F)c2)C1=O. The highest BCUT2D eigenvalue weighted by Crippen LogP contribution is 2.28. The standard InChI is InChI=1S/C12H11FN2O3/c1-12(2)9(16)14-11(18)15(10(12)17)8-5-3-4-7(13)6-8/h3-6H,1-2H3,(H,14,16,18). The molecular weight excluding hydrogens is 239 g/mol. The van der Waals surface area contributed by atoms with Gasteiger partial charge in [-0.25, -0.2) is 14.1 Å². The number of halogens is 1. The first-order valence-corrected chi connectivity index (χ1v) is 5.29. The van der Waals surface area contributed by atoms with Gasteiger partial charge in [0.15, 0.2) is 0 Å². The summed E-state index contributed by atoms with van der Waals surface area (Å²) in [6.07, 6.45) is 0. The third-order valence-corrected chi connectivity index (χ3v) is 2.80. The van der Waals surface area contributed by atoms with Gasteiger partial charge in [-0.3, -0.25) is 14.9 Å². The fourth-order valence-corrected chi connectivity index (χ4v) is 1.63. The predicted molar refractivity (Wildman–Crippen MR) is 61.2 cm³/mol. The first kappa shape index (κ1) is 12.2. The highest BCUT2D eigenvalue weighted by molar-refractivity contribution is 6.29. The fraction of sp³-hybridized carbons (Fsp3) is 0.250. The van der Waals surface area contributed by atoms with Crippen molar-refractivity contribution in [2.45, 2.75) is 13.8 Å². The Morgan fingerprint density at radius 1 is 1.22 bits per heavy atom. The average Bonchev–Trinajstić information content (AvgIpc) is 2.27. The van der Waals surface area contributed by atoms with Crippen LogP contribution in [-0.4, -0.2) is 17.8 Å². The summed E-state index contributed by atoms with van der Waals surface area (Å²) in [6, 6.07) is 4.20. The Balaban J connectivity index is 2.47. The van der Waals surface area contributed by atoms with Crippen molar-refractivity contribution in [3.8, 4) is 0 Å². The topological polar surface area (TPSA) is 66.5 Å². The minimum absolute atomic E-state index is 0.0954. The van der Waals surface area contributed by atoms with E-state index in [9.17, 15) is 18.8 Å². The van der Waals surface area contributed by atoms with E-state index in [4.69, 9.17) is 0 Å². The van der Waals surface area contributed by atoms with Crippen molar-refractivity contribution in [3.05, 3.63) is 30.1 Å². The van der Waals surface area contributed by atoms with Gasteiger partial charge in [-0.1, -0.05) is 6.07 Å². The Morgan fingerprint density at radius 3 is 2.50 bits per heavy atom. The summed E-state index contributed by atoms with van der Waals surface area (Å²) in [7, 11) is 0. The summed E-state index contributed by atoms with van der Waals surface area (Å²) in [5.74, 6) is -1.91. The third kappa shape index (κ3) is 1.75. The number of amides is 4. The van der Waals surface area contributed by atoms with Crippen molar-refractivity contribution in [2.75, 3.05) is 4.90 Å². The van der Waals surface area contributed by atoms with Crippen LogP contribution in [-0.2, 0) is 9.59 Å². The molecule has 0 spiro atoms. The monoisotopic (exact) mass is 250 g/mol. The molecule has 1 aliphatic rings. The number of nitrogens with one attached hydrogen (secondary N) is 1. The number of barbiturate groups is 1. The van der Waals surface area contributed by atoms with Crippen LogP contribution in [0.3, 0.4) is 0 Å². The Kier molecular flexibility index (Phi) is 2.65. The van der Waals surface area contributed by atoms with Crippen molar-refractivity contribution in [3.63, 3.8) is 0 Å². The van der Waals surface area contributed by atoms with E-state index in [2.05, 4.69) is 5.32 Å². The summed E-state index contributed by atoms with van der Waals surface area (Å²) in [5, 5.41) is 2.07. The van der Waals surface area contributed by atoms with Crippen LogP contribution in [0.4, 0.5) is 14.9 Å². The third-order valence-electron chi connectivity index (χ3n) is 2.80. The maximum Gasteiger partial charge on any atom is 0.335 e. The van der Waals surface area contributed by atoms with E-state index in [-0.39, 0.29) is 5.69 Å².